The van der Waals surface area contributed by atoms with Gasteiger partial charge in [0, 0.05) is 10.6 Å². The summed E-state index contributed by atoms with van der Waals surface area (Å²) in [7, 11) is -1.83. The first kappa shape index (κ1) is 19.9. The molecule has 1 fully saturated rings. The van der Waals surface area contributed by atoms with Crippen LogP contribution in [0.15, 0.2) is 47.4 Å². The van der Waals surface area contributed by atoms with Gasteiger partial charge in [-0.2, -0.15) is 0 Å². The highest BCUT2D eigenvalue weighted by Crippen LogP contribution is 2.28. The molecule has 0 bridgehead atoms. The molecule has 0 spiro atoms. The summed E-state index contributed by atoms with van der Waals surface area (Å²) in [4.78, 5) is 15.8. The van der Waals surface area contributed by atoms with Gasteiger partial charge in [-0.3, -0.25) is 9.52 Å². The smallest absolute Gasteiger partial charge is 0.261 e. The Bertz CT molecular complexity index is 958. The van der Waals surface area contributed by atoms with Gasteiger partial charge in [0.15, 0.2) is 0 Å². The van der Waals surface area contributed by atoms with Gasteiger partial charge in [-0.15, -0.1) is 0 Å². The van der Waals surface area contributed by atoms with E-state index in [0.29, 0.717) is 23.7 Å². The number of sulfonamides is 1. The van der Waals surface area contributed by atoms with Crippen LogP contribution in [0.2, 0.25) is 10.0 Å². The fourth-order valence-electron chi connectivity index (χ4n) is 2.85. The van der Waals surface area contributed by atoms with Crippen molar-refractivity contribution in [3.05, 3.63) is 58.1 Å². The molecule has 0 aromatic heterocycles. The van der Waals surface area contributed by atoms with E-state index in [-0.39, 0.29) is 21.5 Å². The number of hydrogen-bond acceptors (Lipinski definition) is 3. The molecule has 2 N–H and O–H groups in total. The number of amides is 1. The molecule has 0 aliphatic carbocycles. The number of nitrogens with zero attached hydrogens (tertiary/aromatic N) is 1. The van der Waals surface area contributed by atoms with Crippen molar-refractivity contribution < 1.29 is 18.1 Å². The lowest BCUT2D eigenvalue weighted by molar-refractivity contribution is -0.883. The molecule has 1 saturated heterocycles. The first-order valence-corrected chi connectivity index (χ1v) is 10.7. The number of quaternary nitrogens is 1. The Kier molecular flexibility index (Phi) is 5.95. The summed E-state index contributed by atoms with van der Waals surface area (Å²) < 4.78 is 27.9. The summed E-state index contributed by atoms with van der Waals surface area (Å²) in [5, 5.41) is 0.591. The normalized spacial score (nSPS) is 15.6. The van der Waals surface area contributed by atoms with Crippen molar-refractivity contribution in [1.29, 1.82) is 0 Å². The number of piperazine rings is 1. The van der Waals surface area contributed by atoms with Crippen molar-refractivity contribution in [3.8, 4) is 0 Å². The number of carbonyl (C=O) groups is 1. The summed E-state index contributed by atoms with van der Waals surface area (Å²) in [5.74, 6) is -0.166. The van der Waals surface area contributed by atoms with Gasteiger partial charge in [0.25, 0.3) is 15.9 Å². The minimum atomic E-state index is -3.92. The molecule has 6 nitrogen and oxygen atoms in total. The number of halogens is 2. The maximum atomic E-state index is 12.7. The molecule has 1 aliphatic heterocycles. The summed E-state index contributed by atoms with van der Waals surface area (Å²) in [6.45, 7) is 3.05. The molecule has 1 amide bonds. The minimum Gasteiger partial charge on any atom is -0.334 e. The van der Waals surface area contributed by atoms with E-state index < -0.39 is 10.0 Å². The van der Waals surface area contributed by atoms with Crippen molar-refractivity contribution in [1.82, 2.24) is 4.90 Å². The van der Waals surface area contributed by atoms with Gasteiger partial charge in [-0.25, -0.2) is 8.42 Å². The molecule has 0 atom stereocenters. The van der Waals surface area contributed by atoms with E-state index in [2.05, 4.69) is 11.8 Å². The van der Waals surface area contributed by atoms with Crippen LogP contribution < -0.4 is 9.62 Å². The maximum absolute atomic E-state index is 12.7. The Morgan fingerprint density at radius 1 is 1.11 bits per heavy atom. The van der Waals surface area contributed by atoms with Gasteiger partial charge in [-0.1, -0.05) is 29.3 Å². The van der Waals surface area contributed by atoms with Gasteiger partial charge in [0.1, 0.15) is 0 Å². The van der Waals surface area contributed by atoms with Gasteiger partial charge in [-0.05, 0) is 36.4 Å². The SMILES string of the molecule is C[NH+]1CCN(C(=O)c2cccc(S(=O)(=O)Nc3cc(Cl)ccc3Cl)c2)CC1. The summed E-state index contributed by atoms with van der Waals surface area (Å²) in [6, 6.07) is 10.5. The predicted molar refractivity (Wildman–Crippen MR) is 106 cm³/mol. The molecule has 0 radical (unpaired) electrons. The minimum absolute atomic E-state index is 0.0101. The Hall–Kier alpha value is -1.80. The van der Waals surface area contributed by atoms with E-state index in [4.69, 9.17) is 23.2 Å². The third kappa shape index (κ3) is 4.73. The van der Waals surface area contributed by atoms with Crippen LogP contribution in [-0.4, -0.2) is 52.5 Å². The zero-order valence-corrected chi connectivity index (χ0v) is 17.0. The number of hydrogen-bond donors (Lipinski definition) is 2. The molecule has 9 heteroatoms. The molecule has 144 valence electrons. The third-order valence-corrected chi connectivity index (χ3v) is 6.40. The lowest BCUT2D eigenvalue weighted by atomic mass is 10.2. The molecule has 3 rings (SSSR count). The van der Waals surface area contributed by atoms with Crippen LogP contribution >= 0.6 is 23.2 Å². The Morgan fingerprint density at radius 2 is 1.81 bits per heavy atom. The van der Waals surface area contributed by atoms with Crippen molar-refractivity contribution in [2.24, 2.45) is 0 Å². The zero-order chi connectivity index (χ0) is 19.6. The molecule has 0 saturated carbocycles. The third-order valence-electron chi connectivity index (χ3n) is 4.47. The average molecular weight is 429 g/mol. The van der Waals surface area contributed by atoms with E-state index in [1.807, 2.05) is 0 Å². The van der Waals surface area contributed by atoms with Crippen LogP contribution in [-0.2, 0) is 10.0 Å². The summed E-state index contributed by atoms with van der Waals surface area (Å²) in [6.07, 6.45) is 0. The first-order chi connectivity index (χ1) is 12.8. The van der Waals surface area contributed by atoms with Crippen molar-refractivity contribution in [2.75, 3.05) is 37.9 Å². The number of rotatable bonds is 4. The van der Waals surface area contributed by atoms with Gasteiger partial charge < -0.3 is 9.80 Å². The Balaban J connectivity index is 1.83. The number of nitrogens with one attached hydrogen (secondary N) is 2. The molecular formula is C18H20Cl2N3O3S+. The van der Waals surface area contributed by atoms with Crippen molar-refractivity contribution >= 4 is 44.8 Å². The predicted octanol–water partition coefficient (Wildman–Crippen LogP) is 1.76. The Labute approximate surface area is 168 Å². The lowest BCUT2D eigenvalue weighted by Crippen LogP contribution is -3.12. The second-order valence-electron chi connectivity index (χ2n) is 6.51. The molecule has 1 heterocycles. The monoisotopic (exact) mass is 428 g/mol. The van der Waals surface area contributed by atoms with Crippen molar-refractivity contribution in [3.63, 3.8) is 0 Å². The van der Waals surface area contributed by atoms with Crippen LogP contribution in [0.4, 0.5) is 5.69 Å². The summed E-state index contributed by atoms with van der Waals surface area (Å²) >= 11 is 11.9. The second-order valence-corrected chi connectivity index (χ2v) is 9.03. The van der Waals surface area contributed by atoms with Gasteiger partial charge >= 0.3 is 0 Å². The van der Waals surface area contributed by atoms with Crippen LogP contribution in [0, 0.1) is 0 Å². The Morgan fingerprint density at radius 3 is 2.52 bits per heavy atom. The highest BCUT2D eigenvalue weighted by atomic mass is 35.5. The van der Waals surface area contributed by atoms with E-state index >= 15 is 0 Å². The first-order valence-electron chi connectivity index (χ1n) is 8.45. The average Bonchev–Trinajstić information content (AvgIpc) is 2.65. The van der Waals surface area contributed by atoms with Crippen LogP contribution in [0.25, 0.3) is 0 Å². The van der Waals surface area contributed by atoms with E-state index in [1.165, 1.54) is 29.2 Å². The van der Waals surface area contributed by atoms with E-state index in [0.717, 1.165) is 13.1 Å². The van der Waals surface area contributed by atoms with Crippen LogP contribution in [0.1, 0.15) is 10.4 Å². The highest BCUT2D eigenvalue weighted by Gasteiger charge is 2.24. The number of benzene rings is 2. The van der Waals surface area contributed by atoms with E-state index in [9.17, 15) is 13.2 Å². The number of likely N-dealkylation sites (N-methyl/N-ethyl adjacent to an activating group) is 1. The standard InChI is InChI=1S/C18H19Cl2N3O3S/c1-22-7-9-23(10-8-22)18(24)13-3-2-4-15(11-13)27(25,26)21-17-12-14(19)5-6-16(17)20/h2-6,11-12,21H,7-10H2,1H3/p+1. The van der Waals surface area contributed by atoms with Crippen LogP contribution in [0.5, 0.6) is 0 Å². The number of carbonyl (C=O) groups excluding carboxylic acids is 1. The largest absolute Gasteiger partial charge is 0.334 e. The maximum Gasteiger partial charge on any atom is 0.261 e. The zero-order valence-electron chi connectivity index (χ0n) is 14.7. The summed E-state index contributed by atoms with van der Waals surface area (Å²) in [5.41, 5.74) is 0.526. The fourth-order valence-corrected chi connectivity index (χ4v) is 4.36. The quantitative estimate of drug-likeness (QED) is 0.779. The van der Waals surface area contributed by atoms with E-state index in [1.54, 1.807) is 23.1 Å². The molecular weight excluding hydrogens is 409 g/mol. The highest BCUT2D eigenvalue weighted by molar-refractivity contribution is 7.92. The van der Waals surface area contributed by atoms with Gasteiger partial charge in [0.2, 0.25) is 0 Å². The second kappa shape index (κ2) is 8.06. The molecule has 27 heavy (non-hydrogen) atoms. The van der Waals surface area contributed by atoms with Gasteiger partial charge in [0.05, 0.1) is 48.8 Å². The molecule has 2 aromatic rings. The van der Waals surface area contributed by atoms with Crippen molar-refractivity contribution in [2.45, 2.75) is 4.90 Å². The lowest BCUT2D eigenvalue weighted by Gasteiger charge is -2.30. The number of anilines is 1. The molecule has 2 aromatic carbocycles. The molecule has 0 unspecified atom stereocenters. The molecule has 1 aliphatic rings. The fraction of sp³-hybridized carbons (Fsp3) is 0.278. The topological polar surface area (TPSA) is 70.9 Å². The van der Waals surface area contributed by atoms with Crippen LogP contribution in [0.3, 0.4) is 0 Å².